The number of aryl methyl sites for hydroxylation is 1. The maximum atomic E-state index is 15.4. The highest BCUT2D eigenvalue weighted by Crippen LogP contribution is 2.45. The lowest BCUT2D eigenvalue weighted by Gasteiger charge is -2.39. The largest absolute Gasteiger partial charge is 0.469 e. The summed E-state index contributed by atoms with van der Waals surface area (Å²) in [5.41, 5.74) is 0.239. The normalized spacial score (nSPS) is 22.2. The van der Waals surface area contributed by atoms with E-state index in [1.54, 1.807) is 12.1 Å². The molecule has 3 unspecified atom stereocenters. The van der Waals surface area contributed by atoms with Gasteiger partial charge in [0, 0.05) is 29.3 Å². The number of methoxy groups -OCH3 is 1. The molecule has 3 aliphatic rings. The van der Waals surface area contributed by atoms with Crippen molar-refractivity contribution >= 4 is 32.8 Å². The summed E-state index contributed by atoms with van der Waals surface area (Å²) in [5.74, 6) is -3.89. The van der Waals surface area contributed by atoms with E-state index < -0.39 is 45.4 Å². The quantitative estimate of drug-likeness (QED) is 0.278. The minimum atomic E-state index is -4.23. The predicted octanol–water partition coefficient (Wildman–Crippen LogP) is 5.84. The minimum Gasteiger partial charge on any atom is -0.469 e. The van der Waals surface area contributed by atoms with Gasteiger partial charge in [0.2, 0.25) is 0 Å². The molecule has 1 N–H and O–H groups in total. The molecule has 2 bridgehead atoms. The number of nitrogens with zero attached hydrogens (tertiary/aromatic N) is 3. The number of aromatic nitrogens is 3. The van der Waals surface area contributed by atoms with Crippen molar-refractivity contribution in [1.29, 1.82) is 0 Å². The molecule has 0 spiro atoms. The number of hydrogen-bond donors (Lipinski definition) is 1. The smallest absolute Gasteiger partial charge is 0.311 e. The molecule has 0 amide bonds. The second kappa shape index (κ2) is 10.7. The Labute approximate surface area is 241 Å². The molecule has 7 rings (SSSR count). The van der Waals surface area contributed by atoms with E-state index in [4.69, 9.17) is 4.74 Å². The molecule has 42 heavy (non-hydrogen) atoms. The molecule has 3 saturated carbocycles. The van der Waals surface area contributed by atoms with E-state index in [2.05, 4.69) is 15.3 Å². The van der Waals surface area contributed by atoms with E-state index in [-0.39, 0.29) is 44.8 Å². The standard InChI is InChI=1S/C30H29F3N4O4S/c1-16-6-10-20(11-7-16)42(39,40)37-15-22(21-12-19(31)14-34-29(21)37)27-23(32)13-24(33)28(36-27)35-26-18-5-3-4-17(8-9-18)25(26)30(38)41-2/h6-7,10-15,17-18,25-26H,3-5,8-9H2,1-2H3,(H,35,36)/t17?,18?,25-,26?/m1/s1. The number of rotatable bonds is 6. The van der Waals surface area contributed by atoms with Crippen molar-refractivity contribution in [3.8, 4) is 11.3 Å². The highest BCUT2D eigenvalue weighted by atomic mass is 32.2. The maximum Gasteiger partial charge on any atom is 0.311 e. The third kappa shape index (κ3) is 4.81. The Bertz CT molecular complexity index is 1790. The van der Waals surface area contributed by atoms with Gasteiger partial charge in [0.05, 0.1) is 24.1 Å². The fourth-order valence-corrected chi connectivity index (χ4v) is 7.84. The van der Waals surface area contributed by atoms with Crippen molar-refractivity contribution in [2.45, 2.75) is 50.0 Å². The van der Waals surface area contributed by atoms with E-state index in [1.165, 1.54) is 19.2 Å². The lowest BCUT2D eigenvalue weighted by Crippen LogP contribution is -2.47. The fraction of sp³-hybridized carbons (Fsp3) is 0.367. The summed E-state index contributed by atoms with van der Waals surface area (Å²) in [7, 11) is -2.91. The first-order valence-electron chi connectivity index (χ1n) is 13.8. The molecule has 3 fully saturated rings. The average molecular weight is 599 g/mol. The van der Waals surface area contributed by atoms with E-state index in [0.29, 0.717) is 6.07 Å². The van der Waals surface area contributed by atoms with Crippen molar-refractivity contribution in [2.75, 3.05) is 12.4 Å². The van der Waals surface area contributed by atoms with Crippen LogP contribution >= 0.6 is 0 Å². The van der Waals surface area contributed by atoms with Crippen LogP contribution in [0.15, 0.2) is 53.7 Å². The monoisotopic (exact) mass is 598 g/mol. The van der Waals surface area contributed by atoms with Gasteiger partial charge in [0.15, 0.2) is 23.1 Å². The Hall–Kier alpha value is -3.93. The van der Waals surface area contributed by atoms with Crippen LogP contribution in [-0.4, -0.2) is 41.5 Å². The zero-order valence-electron chi connectivity index (χ0n) is 23.0. The Morgan fingerprint density at radius 2 is 1.74 bits per heavy atom. The van der Waals surface area contributed by atoms with E-state index in [0.717, 1.165) is 60.1 Å². The van der Waals surface area contributed by atoms with Crippen molar-refractivity contribution in [1.82, 2.24) is 13.9 Å². The van der Waals surface area contributed by atoms with Crippen molar-refractivity contribution in [3.05, 3.63) is 71.8 Å². The topological polar surface area (TPSA) is 103 Å². The maximum absolute atomic E-state index is 15.4. The third-order valence-corrected chi connectivity index (χ3v) is 10.2. The summed E-state index contributed by atoms with van der Waals surface area (Å²) >= 11 is 0. The number of benzene rings is 1. The highest BCUT2D eigenvalue weighted by molar-refractivity contribution is 7.90. The van der Waals surface area contributed by atoms with Crippen LogP contribution in [0.1, 0.15) is 37.7 Å². The number of esters is 1. The number of ether oxygens (including phenoxy) is 1. The SMILES string of the molecule is COC(=O)[C@@H]1C2CCCC(CC2)C1Nc1nc(-c2cn(S(=O)(=O)c3ccc(C)cc3)c3ncc(F)cc23)c(F)cc1F. The number of pyridine rings is 2. The molecular weight excluding hydrogens is 569 g/mol. The Kier molecular flexibility index (Phi) is 7.20. The lowest BCUT2D eigenvalue weighted by atomic mass is 9.71. The van der Waals surface area contributed by atoms with Crippen LogP contribution in [0.5, 0.6) is 0 Å². The summed E-state index contributed by atoms with van der Waals surface area (Å²) in [6, 6.07) is 7.32. The van der Waals surface area contributed by atoms with Crippen molar-refractivity contribution in [2.24, 2.45) is 17.8 Å². The molecule has 3 heterocycles. The first-order valence-corrected chi connectivity index (χ1v) is 15.2. The molecule has 4 atom stereocenters. The Morgan fingerprint density at radius 1 is 1.02 bits per heavy atom. The number of halogens is 3. The zero-order valence-corrected chi connectivity index (χ0v) is 23.8. The fourth-order valence-electron chi connectivity index (χ4n) is 6.51. The molecule has 12 heteroatoms. The summed E-state index contributed by atoms with van der Waals surface area (Å²) in [4.78, 5) is 21.0. The number of anilines is 1. The van der Waals surface area contributed by atoms with Crippen molar-refractivity contribution in [3.63, 3.8) is 0 Å². The van der Waals surface area contributed by atoms with Crippen LogP contribution in [0.2, 0.25) is 0 Å². The van der Waals surface area contributed by atoms with Crippen LogP contribution in [0.4, 0.5) is 19.0 Å². The lowest BCUT2D eigenvalue weighted by molar-refractivity contribution is -0.149. The molecule has 0 saturated heterocycles. The van der Waals surface area contributed by atoms with Gasteiger partial charge in [-0.15, -0.1) is 0 Å². The van der Waals surface area contributed by atoms with E-state index >= 15 is 8.78 Å². The molecular formula is C30H29F3N4O4S. The molecule has 8 nitrogen and oxygen atoms in total. The van der Waals surface area contributed by atoms with Gasteiger partial charge >= 0.3 is 5.97 Å². The van der Waals surface area contributed by atoms with Gasteiger partial charge in [-0.25, -0.2) is 35.5 Å². The molecule has 0 radical (unpaired) electrons. The second-order valence-corrected chi connectivity index (χ2v) is 12.9. The first kappa shape index (κ1) is 28.2. The van der Waals surface area contributed by atoms with Gasteiger partial charge in [-0.3, -0.25) is 4.79 Å². The number of nitrogens with one attached hydrogen (secondary N) is 1. The number of carbonyl (C=O) groups excluding carboxylic acids is 1. The second-order valence-electron chi connectivity index (χ2n) is 11.1. The van der Waals surface area contributed by atoms with Gasteiger partial charge in [0.1, 0.15) is 11.5 Å². The van der Waals surface area contributed by atoms with Gasteiger partial charge in [-0.05, 0) is 62.6 Å². The van der Waals surface area contributed by atoms with Crippen LogP contribution in [0, 0.1) is 42.1 Å². The Morgan fingerprint density at radius 3 is 2.48 bits per heavy atom. The van der Waals surface area contributed by atoms with Gasteiger partial charge < -0.3 is 10.1 Å². The molecule has 1 aromatic carbocycles. The summed E-state index contributed by atoms with van der Waals surface area (Å²) in [6.45, 7) is 1.81. The summed E-state index contributed by atoms with van der Waals surface area (Å²) in [6.07, 6.45) is 6.31. The number of fused-ring (bicyclic) bond motifs is 5. The van der Waals surface area contributed by atoms with Crippen LogP contribution < -0.4 is 5.32 Å². The van der Waals surface area contributed by atoms with Gasteiger partial charge in [-0.1, -0.05) is 24.1 Å². The highest BCUT2D eigenvalue weighted by Gasteiger charge is 2.46. The van der Waals surface area contributed by atoms with E-state index in [1.807, 2.05) is 6.92 Å². The van der Waals surface area contributed by atoms with Crippen LogP contribution in [0.3, 0.4) is 0 Å². The summed E-state index contributed by atoms with van der Waals surface area (Å²) < 4.78 is 78.1. The average Bonchev–Trinajstić information content (AvgIpc) is 3.08. The molecule has 220 valence electrons. The minimum absolute atomic E-state index is 0.0180. The molecule has 4 aromatic rings. The third-order valence-electron chi connectivity index (χ3n) is 8.58. The predicted molar refractivity (Wildman–Crippen MR) is 150 cm³/mol. The van der Waals surface area contributed by atoms with Crippen LogP contribution in [0.25, 0.3) is 22.3 Å². The van der Waals surface area contributed by atoms with Gasteiger partial charge in [0.25, 0.3) is 10.0 Å². The van der Waals surface area contributed by atoms with Crippen molar-refractivity contribution < 1.29 is 31.1 Å². The van der Waals surface area contributed by atoms with Gasteiger partial charge in [-0.2, -0.15) is 0 Å². The first-order chi connectivity index (χ1) is 20.1. The number of hydrogen-bond acceptors (Lipinski definition) is 7. The molecule has 3 aliphatic carbocycles. The van der Waals surface area contributed by atoms with E-state index in [9.17, 15) is 17.6 Å². The van der Waals surface area contributed by atoms with Crippen LogP contribution in [-0.2, 0) is 19.6 Å². The number of carbonyl (C=O) groups is 1. The molecule has 0 aliphatic heterocycles. The summed E-state index contributed by atoms with van der Waals surface area (Å²) in [5, 5.41) is 3.06. The molecule has 3 aromatic heterocycles. The zero-order chi connectivity index (χ0) is 29.8. The Balaban J connectivity index is 1.47.